The molecule has 2 aliphatic rings. The van der Waals surface area contributed by atoms with E-state index in [1.165, 1.54) is 17.6 Å². The summed E-state index contributed by atoms with van der Waals surface area (Å²) in [5, 5.41) is 4.49. The van der Waals surface area contributed by atoms with E-state index in [0.29, 0.717) is 12.5 Å². The number of nitrogens with zero attached hydrogens (tertiary/aromatic N) is 4. The lowest BCUT2D eigenvalue weighted by atomic mass is 10.0. The van der Waals surface area contributed by atoms with Crippen LogP contribution in [0.5, 0.6) is 0 Å². The van der Waals surface area contributed by atoms with Crippen molar-refractivity contribution in [1.82, 2.24) is 19.6 Å². The van der Waals surface area contributed by atoms with Gasteiger partial charge in [-0.15, -0.1) is 0 Å². The maximum Gasteiger partial charge on any atom is 0.236 e. The second-order valence-corrected chi connectivity index (χ2v) is 7.17. The summed E-state index contributed by atoms with van der Waals surface area (Å²) in [5.74, 6) is 0.290. The zero-order valence-electron chi connectivity index (χ0n) is 15.2. The van der Waals surface area contributed by atoms with Gasteiger partial charge in [0.25, 0.3) is 0 Å². The Bertz CT molecular complexity index is 774. The number of amides is 1. The molecule has 0 radical (unpaired) electrons. The van der Waals surface area contributed by atoms with Gasteiger partial charge in [-0.25, -0.2) is 4.68 Å². The molecule has 26 heavy (non-hydrogen) atoms. The molecule has 0 bridgehead atoms. The maximum absolute atomic E-state index is 12.4. The van der Waals surface area contributed by atoms with E-state index in [9.17, 15) is 4.79 Å². The highest BCUT2D eigenvalue weighted by Gasteiger charge is 2.21. The molecule has 1 aromatic heterocycles. The van der Waals surface area contributed by atoms with Crippen molar-refractivity contribution in [2.45, 2.75) is 25.7 Å². The van der Waals surface area contributed by atoms with Gasteiger partial charge in [-0.3, -0.25) is 9.69 Å². The largest absolute Gasteiger partial charge is 0.342 e. The van der Waals surface area contributed by atoms with E-state index >= 15 is 0 Å². The van der Waals surface area contributed by atoms with Gasteiger partial charge in [-0.1, -0.05) is 24.3 Å². The Balaban J connectivity index is 1.36. The smallest absolute Gasteiger partial charge is 0.236 e. The van der Waals surface area contributed by atoms with E-state index < -0.39 is 0 Å². The quantitative estimate of drug-likeness (QED) is 0.851. The van der Waals surface area contributed by atoms with Gasteiger partial charge in [-0.2, -0.15) is 5.10 Å². The second kappa shape index (κ2) is 7.87. The normalized spacial score (nSPS) is 18.6. The highest BCUT2D eigenvalue weighted by Crippen LogP contribution is 2.23. The van der Waals surface area contributed by atoms with Crippen LogP contribution in [0.15, 0.2) is 48.8 Å². The fraction of sp³-hybridized carbons (Fsp3) is 0.429. The molecule has 0 saturated carbocycles. The third-order valence-electron chi connectivity index (χ3n) is 5.34. The van der Waals surface area contributed by atoms with Gasteiger partial charge in [0, 0.05) is 37.9 Å². The summed E-state index contributed by atoms with van der Waals surface area (Å²) < 4.78 is 1.92. The molecule has 3 heterocycles. The number of carbonyl (C=O) groups excluding carboxylic acids is 1. The molecule has 0 atom stereocenters. The molecule has 2 aromatic rings. The highest BCUT2D eigenvalue weighted by molar-refractivity contribution is 5.78. The Morgan fingerprint density at radius 3 is 2.58 bits per heavy atom. The first kappa shape index (κ1) is 17.0. The third kappa shape index (κ3) is 3.88. The van der Waals surface area contributed by atoms with Gasteiger partial charge in [0.1, 0.15) is 0 Å². The zero-order chi connectivity index (χ0) is 17.8. The average Bonchev–Trinajstić information content (AvgIpc) is 3.20. The van der Waals surface area contributed by atoms with Crippen LogP contribution >= 0.6 is 0 Å². The summed E-state index contributed by atoms with van der Waals surface area (Å²) in [7, 11) is 0. The van der Waals surface area contributed by atoms with Crippen molar-refractivity contribution in [3.05, 3.63) is 54.4 Å². The van der Waals surface area contributed by atoms with Crippen molar-refractivity contribution >= 4 is 11.5 Å². The van der Waals surface area contributed by atoms with Crippen LogP contribution in [0, 0.1) is 0 Å². The average molecular weight is 350 g/mol. The minimum atomic E-state index is 0.290. The van der Waals surface area contributed by atoms with Crippen molar-refractivity contribution in [2.75, 3.05) is 32.7 Å². The minimum absolute atomic E-state index is 0.290. The fourth-order valence-corrected chi connectivity index (χ4v) is 3.76. The molecule has 0 N–H and O–H groups in total. The molecule has 0 unspecified atom stereocenters. The third-order valence-corrected chi connectivity index (χ3v) is 5.34. The molecule has 1 amide bonds. The Morgan fingerprint density at radius 1 is 1.04 bits per heavy atom. The first-order valence-electron chi connectivity index (χ1n) is 9.59. The Hall–Kier alpha value is -2.40. The number of carbonyl (C=O) groups is 1. The van der Waals surface area contributed by atoms with Gasteiger partial charge in [0.15, 0.2) is 0 Å². The number of piperidine rings is 1. The first-order chi connectivity index (χ1) is 12.8. The Labute approximate surface area is 154 Å². The van der Waals surface area contributed by atoms with Crippen LogP contribution in [-0.2, 0) is 4.79 Å². The summed E-state index contributed by atoms with van der Waals surface area (Å²) in [4.78, 5) is 16.7. The molecule has 0 spiro atoms. The van der Waals surface area contributed by atoms with Crippen LogP contribution < -0.4 is 0 Å². The number of benzene rings is 1. The van der Waals surface area contributed by atoms with E-state index in [0.717, 1.165) is 51.1 Å². The van der Waals surface area contributed by atoms with Crippen LogP contribution in [0.3, 0.4) is 0 Å². The molecule has 136 valence electrons. The highest BCUT2D eigenvalue weighted by atomic mass is 16.2. The molecule has 1 fully saturated rings. The maximum atomic E-state index is 12.4. The molecule has 1 aromatic carbocycles. The summed E-state index contributed by atoms with van der Waals surface area (Å²) in [6, 6.07) is 10.2. The number of likely N-dealkylation sites (tertiary alicyclic amines) is 1. The van der Waals surface area contributed by atoms with E-state index in [-0.39, 0.29) is 0 Å². The Kier molecular flexibility index (Phi) is 5.16. The van der Waals surface area contributed by atoms with Crippen molar-refractivity contribution < 1.29 is 4.79 Å². The topological polar surface area (TPSA) is 41.4 Å². The number of hydrogen-bond donors (Lipinski definition) is 0. The van der Waals surface area contributed by atoms with Gasteiger partial charge in [-0.05, 0) is 43.4 Å². The van der Waals surface area contributed by atoms with E-state index in [1.54, 1.807) is 0 Å². The number of aromatic nitrogens is 2. The molecule has 2 aliphatic heterocycles. The molecule has 4 rings (SSSR count). The number of rotatable bonds is 4. The van der Waals surface area contributed by atoms with Crippen LogP contribution in [0.25, 0.3) is 11.3 Å². The van der Waals surface area contributed by atoms with Gasteiger partial charge >= 0.3 is 0 Å². The molecule has 1 saturated heterocycles. The van der Waals surface area contributed by atoms with Crippen molar-refractivity contribution in [1.29, 1.82) is 0 Å². The van der Waals surface area contributed by atoms with Gasteiger partial charge < -0.3 is 4.90 Å². The van der Waals surface area contributed by atoms with Crippen LogP contribution in [0.4, 0.5) is 0 Å². The predicted molar refractivity (Wildman–Crippen MR) is 103 cm³/mol. The lowest BCUT2D eigenvalue weighted by Gasteiger charge is -2.31. The second-order valence-electron chi connectivity index (χ2n) is 7.17. The van der Waals surface area contributed by atoms with E-state index in [1.807, 2.05) is 34.0 Å². The molecular weight excluding hydrogens is 324 g/mol. The van der Waals surface area contributed by atoms with Crippen LogP contribution in [0.2, 0.25) is 0 Å². The number of para-hydroxylation sites is 1. The summed E-state index contributed by atoms with van der Waals surface area (Å²) in [6.45, 7) is 4.19. The van der Waals surface area contributed by atoms with Crippen LogP contribution in [-0.4, -0.2) is 58.2 Å². The zero-order valence-corrected chi connectivity index (χ0v) is 15.2. The van der Waals surface area contributed by atoms with Gasteiger partial charge in [0.05, 0.1) is 18.4 Å². The monoisotopic (exact) mass is 350 g/mol. The van der Waals surface area contributed by atoms with E-state index in [4.69, 9.17) is 0 Å². The standard InChI is InChI=1S/C21H26N4O/c26-21(24-11-5-2-6-12-24)17-23-13-9-18(10-14-23)19-15-22-25(16-19)20-7-3-1-4-8-20/h1,3-4,7-9,15-16H,2,5-6,10-14,17H2. The lowest BCUT2D eigenvalue weighted by Crippen LogP contribution is -2.43. The molecule has 0 aliphatic carbocycles. The SMILES string of the molecule is O=C(CN1CC=C(c2cnn(-c3ccccc3)c2)CC1)N1CCCCC1. The molecular formula is C21H26N4O. The van der Waals surface area contributed by atoms with Crippen molar-refractivity contribution in [3.63, 3.8) is 0 Å². The van der Waals surface area contributed by atoms with Crippen molar-refractivity contribution in [2.24, 2.45) is 0 Å². The fourth-order valence-electron chi connectivity index (χ4n) is 3.76. The first-order valence-corrected chi connectivity index (χ1v) is 9.59. The van der Waals surface area contributed by atoms with Gasteiger partial charge in [0.2, 0.25) is 5.91 Å². The molecule has 5 heteroatoms. The summed E-state index contributed by atoms with van der Waals surface area (Å²) >= 11 is 0. The molecule has 5 nitrogen and oxygen atoms in total. The minimum Gasteiger partial charge on any atom is -0.342 e. The van der Waals surface area contributed by atoms with Crippen LogP contribution in [0.1, 0.15) is 31.2 Å². The summed E-state index contributed by atoms with van der Waals surface area (Å²) in [5.41, 5.74) is 3.58. The van der Waals surface area contributed by atoms with Crippen molar-refractivity contribution in [3.8, 4) is 5.69 Å². The van der Waals surface area contributed by atoms with E-state index in [2.05, 4.69) is 34.4 Å². The Morgan fingerprint density at radius 2 is 1.85 bits per heavy atom. The predicted octanol–water partition coefficient (Wildman–Crippen LogP) is 2.97. The summed E-state index contributed by atoms with van der Waals surface area (Å²) in [6.07, 6.45) is 10.8. The number of hydrogen-bond acceptors (Lipinski definition) is 3. The lowest BCUT2D eigenvalue weighted by molar-refractivity contribution is -0.133.